The summed E-state index contributed by atoms with van der Waals surface area (Å²) in [4.78, 5) is 12.4. The molecule has 0 saturated heterocycles. The van der Waals surface area contributed by atoms with Gasteiger partial charge in [0.1, 0.15) is 5.75 Å². The van der Waals surface area contributed by atoms with E-state index in [4.69, 9.17) is 4.74 Å². The van der Waals surface area contributed by atoms with Crippen molar-refractivity contribution in [3.63, 3.8) is 0 Å². The van der Waals surface area contributed by atoms with Crippen molar-refractivity contribution >= 4 is 11.6 Å². The van der Waals surface area contributed by atoms with Gasteiger partial charge >= 0.3 is 0 Å². The van der Waals surface area contributed by atoms with Gasteiger partial charge in [-0.1, -0.05) is 44.2 Å². The Morgan fingerprint density at radius 1 is 1.14 bits per heavy atom. The van der Waals surface area contributed by atoms with E-state index in [2.05, 4.69) is 10.6 Å². The van der Waals surface area contributed by atoms with Gasteiger partial charge in [-0.05, 0) is 31.9 Å². The van der Waals surface area contributed by atoms with Crippen LogP contribution >= 0.6 is 0 Å². The van der Waals surface area contributed by atoms with Gasteiger partial charge in [0.15, 0.2) is 0 Å². The van der Waals surface area contributed by atoms with Crippen LogP contribution in [0.15, 0.2) is 24.3 Å². The van der Waals surface area contributed by atoms with Crippen LogP contribution in [-0.2, 0) is 4.79 Å². The largest absolute Gasteiger partial charge is 0.495 e. The number of methoxy groups -OCH3 is 1. The van der Waals surface area contributed by atoms with Gasteiger partial charge < -0.3 is 15.4 Å². The van der Waals surface area contributed by atoms with Crippen molar-refractivity contribution in [3.05, 3.63) is 24.3 Å². The SMILES string of the molecule is COc1ccccc1NC(=O)[C@@H](C)NC1CCCCCCC1. The molecule has 1 aliphatic carbocycles. The quantitative estimate of drug-likeness (QED) is 0.871. The topological polar surface area (TPSA) is 50.4 Å². The Hall–Kier alpha value is -1.55. The lowest BCUT2D eigenvalue weighted by Crippen LogP contribution is -2.44. The Balaban J connectivity index is 1.88. The molecule has 1 fully saturated rings. The summed E-state index contributed by atoms with van der Waals surface area (Å²) in [6.45, 7) is 1.93. The third-order valence-electron chi connectivity index (χ3n) is 4.35. The van der Waals surface area contributed by atoms with Crippen LogP contribution in [0.1, 0.15) is 51.9 Å². The van der Waals surface area contributed by atoms with Gasteiger partial charge in [0.25, 0.3) is 0 Å². The van der Waals surface area contributed by atoms with E-state index < -0.39 is 0 Å². The Kier molecular flexibility index (Phi) is 6.72. The fraction of sp³-hybridized carbons (Fsp3) is 0.611. The summed E-state index contributed by atoms with van der Waals surface area (Å²) < 4.78 is 5.27. The Labute approximate surface area is 133 Å². The first-order valence-electron chi connectivity index (χ1n) is 8.40. The van der Waals surface area contributed by atoms with Gasteiger partial charge in [-0.2, -0.15) is 0 Å². The molecule has 4 nitrogen and oxygen atoms in total. The molecule has 0 aliphatic heterocycles. The van der Waals surface area contributed by atoms with Crippen molar-refractivity contribution in [1.29, 1.82) is 0 Å². The monoisotopic (exact) mass is 304 g/mol. The van der Waals surface area contributed by atoms with Crippen LogP contribution < -0.4 is 15.4 Å². The zero-order chi connectivity index (χ0) is 15.8. The second-order valence-electron chi connectivity index (χ2n) is 6.12. The van der Waals surface area contributed by atoms with Gasteiger partial charge in [0.05, 0.1) is 18.8 Å². The zero-order valence-electron chi connectivity index (χ0n) is 13.7. The maximum Gasteiger partial charge on any atom is 0.241 e. The Morgan fingerprint density at radius 2 is 1.77 bits per heavy atom. The molecule has 1 aromatic rings. The highest BCUT2D eigenvalue weighted by atomic mass is 16.5. The molecular weight excluding hydrogens is 276 g/mol. The zero-order valence-corrected chi connectivity index (χ0v) is 13.7. The van der Waals surface area contributed by atoms with E-state index in [0.29, 0.717) is 11.8 Å². The minimum absolute atomic E-state index is 0.00782. The van der Waals surface area contributed by atoms with Gasteiger partial charge in [0, 0.05) is 6.04 Å². The van der Waals surface area contributed by atoms with Crippen molar-refractivity contribution in [1.82, 2.24) is 5.32 Å². The van der Waals surface area contributed by atoms with Crippen LogP contribution in [0, 0.1) is 0 Å². The Morgan fingerprint density at radius 3 is 2.45 bits per heavy atom. The lowest BCUT2D eigenvalue weighted by Gasteiger charge is -2.24. The number of carbonyl (C=O) groups is 1. The molecular formula is C18H28N2O2. The highest BCUT2D eigenvalue weighted by molar-refractivity contribution is 5.95. The second-order valence-corrected chi connectivity index (χ2v) is 6.12. The van der Waals surface area contributed by atoms with E-state index >= 15 is 0 Å². The summed E-state index contributed by atoms with van der Waals surface area (Å²) in [6, 6.07) is 7.75. The van der Waals surface area contributed by atoms with Crippen LogP contribution in [0.3, 0.4) is 0 Å². The first kappa shape index (κ1) is 16.8. The normalized spacial score (nSPS) is 18.1. The standard InChI is InChI=1S/C18H28N2O2/c1-14(19-15-10-6-4-3-5-7-11-15)18(21)20-16-12-8-9-13-17(16)22-2/h8-9,12-15,19H,3-7,10-11H2,1-2H3,(H,20,21)/t14-/m1/s1. The number of hydrogen-bond donors (Lipinski definition) is 2. The summed E-state index contributed by atoms with van der Waals surface area (Å²) in [5, 5.41) is 6.44. The molecule has 122 valence electrons. The lowest BCUT2D eigenvalue weighted by atomic mass is 9.96. The van der Waals surface area contributed by atoms with Crippen molar-refractivity contribution in [2.45, 2.75) is 64.0 Å². The first-order chi connectivity index (χ1) is 10.7. The van der Waals surface area contributed by atoms with E-state index in [1.165, 1.54) is 44.9 Å². The van der Waals surface area contributed by atoms with Crippen LogP contribution in [0.4, 0.5) is 5.69 Å². The predicted molar refractivity (Wildman–Crippen MR) is 90.3 cm³/mol. The van der Waals surface area contributed by atoms with E-state index in [0.717, 1.165) is 5.69 Å². The number of benzene rings is 1. The number of carbonyl (C=O) groups excluding carboxylic acids is 1. The van der Waals surface area contributed by atoms with E-state index in [1.807, 2.05) is 31.2 Å². The molecule has 22 heavy (non-hydrogen) atoms. The predicted octanol–water partition coefficient (Wildman–Crippen LogP) is 3.72. The molecule has 1 aromatic carbocycles. The van der Waals surface area contributed by atoms with E-state index in [-0.39, 0.29) is 11.9 Å². The molecule has 2 N–H and O–H groups in total. The lowest BCUT2D eigenvalue weighted by molar-refractivity contribution is -0.118. The number of rotatable bonds is 5. The molecule has 0 heterocycles. The van der Waals surface area contributed by atoms with Crippen LogP contribution in [0.5, 0.6) is 5.75 Å². The Bertz CT molecular complexity index is 468. The van der Waals surface area contributed by atoms with Gasteiger partial charge in [0.2, 0.25) is 5.91 Å². The number of nitrogens with one attached hydrogen (secondary N) is 2. The van der Waals surface area contributed by atoms with E-state index in [9.17, 15) is 4.79 Å². The summed E-state index contributed by atoms with van der Waals surface area (Å²) in [7, 11) is 1.61. The smallest absolute Gasteiger partial charge is 0.241 e. The minimum atomic E-state index is -0.200. The number of ether oxygens (including phenoxy) is 1. The average molecular weight is 304 g/mol. The van der Waals surface area contributed by atoms with Crippen molar-refractivity contribution in [3.8, 4) is 5.75 Å². The second kappa shape index (κ2) is 8.79. The molecule has 0 spiro atoms. The first-order valence-corrected chi connectivity index (χ1v) is 8.40. The van der Waals surface area contributed by atoms with Crippen molar-refractivity contribution < 1.29 is 9.53 Å². The van der Waals surface area contributed by atoms with Crippen LogP contribution in [0.2, 0.25) is 0 Å². The molecule has 0 unspecified atom stereocenters. The number of amides is 1. The third-order valence-corrected chi connectivity index (χ3v) is 4.35. The number of hydrogen-bond acceptors (Lipinski definition) is 3. The van der Waals surface area contributed by atoms with Crippen LogP contribution in [-0.4, -0.2) is 25.1 Å². The average Bonchev–Trinajstić information content (AvgIpc) is 2.50. The van der Waals surface area contributed by atoms with Gasteiger partial charge in [-0.25, -0.2) is 0 Å². The van der Waals surface area contributed by atoms with Crippen LogP contribution in [0.25, 0.3) is 0 Å². The highest BCUT2D eigenvalue weighted by Crippen LogP contribution is 2.23. The van der Waals surface area contributed by atoms with Crippen molar-refractivity contribution in [2.24, 2.45) is 0 Å². The molecule has 1 aliphatic rings. The molecule has 1 atom stereocenters. The molecule has 0 radical (unpaired) electrons. The van der Waals surface area contributed by atoms with Gasteiger partial charge in [-0.3, -0.25) is 4.79 Å². The number of para-hydroxylation sites is 2. The maximum atomic E-state index is 12.4. The maximum absolute atomic E-state index is 12.4. The van der Waals surface area contributed by atoms with Gasteiger partial charge in [-0.15, -0.1) is 0 Å². The summed E-state index contributed by atoms with van der Waals surface area (Å²) in [5.41, 5.74) is 0.723. The summed E-state index contributed by atoms with van der Waals surface area (Å²) in [6.07, 6.45) is 8.87. The van der Waals surface area contributed by atoms with E-state index in [1.54, 1.807) is 7.11 Å². The minimum Gasteiger partial charge on any atom is -0.495 e. The summed E-state index contributed by atoms with van der Waals surface area (Å²) in [5.74, 6) is 0.681. The molecule has 2 rings (SSSR count). The molecule has 1 amide bonds. The molecule has 4 heteroatoms. The summed E-state index contributed by atoms with van der Waals surface area (Å²) >= 11 is 0. The fourth-order valence-corrected chi connectivity index (χ4v) is 3.04. The molecule has 1 saturated carbocycles. The fourth-order valence-electron chi connectivity index (χ4n) is 3.04. The van der Waals surface area contributed by atoms with Crippen molar-refractivity contribution in [2.75, 3.05) is 12.4 Å². The number of anilines is 1. The highest BCUT2D eigenvalue weighted by Gasteiger charge is 2.19. The third kappa shape index (κ3) is 5.02. The molecule has 0 aromatic heterocycles. The molecule has 0 bridgehead atoms.